The fourth-order valence-electron chi connectivity index (χ4n) is 1.80. The number of aryl methyl sites for hydroxylation is 1. The maximum atomic E-state index is 12.0. The first-order valence-corrected chi connectivity index (χ1v) is 6.50. The molecule has 0 bridgehead atoms. The van der Waals surface area contributed by atoms with Gasteiger partial charge in [0.15, 0.2) is 6.61 Å². The van der Waals surface area contributed by atoms with Crippen LogP contribution in [0.3, 0.4) is 0 Å². The van der Waals surface area contributed by atoms with Crippen LogP contribution in [0.5, 0.6) is 5.75 Å². The lowest BCUT2D eigenvalue weighted by Gasteiger charge is -2.09. The topological polar surface area (TPSA) is 53.1 Å². The summed E-state index contributed by atoms with van der Waals surface area (Å²) in [5.74, 6) is 0.187. The molecule has 21 heavy (non-hydrogen) atoms. The average Bonchev–Trinajstić information content (AvgIpc) is 2.91. The molecule has 4 nitrogen and oxygen atoms in total. The van der Waals surface area contributed by atoms with Crippen LogP contribution in [0.15, 0.2) is 36.7 Å². The predicted molar refractivity (Wildman–Crippen MR) is 72.9 cm³/mol. The Bertz CT molecular complexity index is 564. The number of ether oxygens (including phenoxy) is 1. The minimum absolute atomic E-state index is 0.187. The molecule has 0 aliphatic carbocycles. The quantitative estimate of drug-likeness (QED) is 0.892. The SMILES string of the molecule is NCCCn1cc(-c2ccc(OCC(F)(F)F)cc2)cn1. The van der Waals surface area contributed by atoms with E-state index >= 15 is 0 Å². The standard InChI is InChI=1S/C14H16F3N3O/c15-14(16,17)10-21-13-4-2-11(3-5-13)12-8-19-20(9-12)7-1-6-18/h2-5,8-9H,1,6-7,10,18H2. The number of hydrogen-bond donors (Lipinski definition) is 1. The molecule has 0 spiro atoms. The number of halogens is 3. The van der Waals surface area contributed by atoms with Gasteiger partial charge in [-0.15, -0.1) is 0 Å². The highest BCUT2D eigenvalue weighted by Gasteiger charge is 2.28. The highest BCUT2D eigenvalue weighted by molar-refractivity contribution is 5.62. The van der Waals surface area contributed by atoms with Crippen LogP contribution in [0.25, 0.3) is 11.1 Å². The normalized spacial score (nSPS) is 11.6. The maximum absolute atomic E-state index is 12.0. The minimum Gasteiger partial charge on any atom is -0.484 e. The molecule has 0 aliphatic rings. The summed E-state index contributed by atoms with van der Waals surface area (Å²) in [6, 6.07) is 6.43. The van der Waals surface area contributed by atoms with Gasteiger partial charge >= 0.3 is 6.18 Å². The van der Waals surface area contributed by atoms with Crippen LogP contribution in [-0.2, 0) is 6.54 Å². The zero-order chi connectivity index (χ0) is 15.3. The molecule has 0 aliphatic heterocycles. The number of nitrogens with two attached hydrogens (primary N) is 1. The molecule has 114 valence electrons. The number of hydrogen-bond acceptors (Lipinski definition) is 3. The highest BCUT2D eigenvalue weighted by Crippen LogP contribution is 2.23. The number of benzene rings is 1. The molecule has 0 saturated carbocycles. The Balaban J connectivity index is 1.99. The Morgan fingerprint density at radius 2 is 1.86 bits per heavy atom. The van der Waals surface area contributed by atoms with E-state index < -0.39 is 12.8 Å². The molecule has 1 aromatic carbocycles. The monoisotopic (exact) mass is 299 g/mol. The lowest BCUT2D eigenvalue weighted by atomic mass is 10.1. The van der Waals surface area contributed by atoms with Crippen LogP contribution < -0.4 is 10.5 Å². The Morgan fingerprint density at radius 1 is 1.14 bits per heavy atom. The van der Waals surface area contributed by atoms with Crippen molar-refractivity contribution in [2.24, 2.45) is 5.73 Å². The lowest BCUT2D eigenvalue weighted by molar-refractivity contribution is -0.153. The second kappa shape index (κ2) is 6.62. The third kappa shape index (κ3) is 4.78. The number of alkyl halides is 3. The molecule has 1 aromatic heterocycles. The van der Waals surface area contributed by atoms with Crippen molar-refractivity contribution in [3.8, 4) is 16.9 Å². The van der Waals surface area contributed by atoms with E-state index in [1.807, 2.05) is 6.20 Å². The van der Waals surface area contributed by atoms with Gasteiger partial charge < -0.3 is 10.5 Å². The van der Waals surface area contributed by atoms with E-state index in [1.54, 1.807) is 23.0 Å². The third-order valence-corrected chi connectivity index (χ3v) is 2.81. The molecule has 0 fully saturated rings. The molecule has 7 heteroatoms. The Labute approximate surface area is 120 Å². The van der Waals surface area contributed by atoms with Crippen LogP contribution in [0.1, 0.15) is 6.42 Å². The van der Waals surface area contributed by atoms with Gasteiger partial charge in [-0.3, -0.25) is 4.68 Å². The van der Waals surface area contributed by atoms with Crippen LogP contribution in [0.4, 0.5) is 13.2 Å². The van der Waals surface area contributed by atoms with Crippen molar-refractivity contribution in [3.05, 3.63) is 36.7 Å². The molecule has 2 aromatic rings. The van der Waals surface area contributed by atoms with Gasteiger partial charge in [-0.1, -0.05) is 12.1 Å². The predicted octanol–water partition coefficient (Wildman–Crippen LogP) is 2.84. The second-order valence-corrected chi connectivity index (χ2v) is 4.56. The molecule has 2 N–H and O–H groups in total. The first-order valence-electron chi connectivity index (χ1n) is 6.50. The zero-order valence-electron chi connectivity index (χ0n) is 11.3. The van der Waals surface area contributed by atoms with E-state index in [0.29, 0.717) is 6.54 Å². The largest absolute Gasteiger partial charge is 0.484 e. The summed E-state index contributed by atoms with van der Waals surface area (Å²) in [5, 5.41) is 4.20. The third-order valence-electron chi connectivity index (χ3n) is 2.81. The molecular weight excluding hydrogens is 283 g/mol. The highest BCUT2D eigenvalue weighted by atomic mass is 19.4. The lowest BCUT2D eigenvalue weighted by Crippen LogP contribution is -2.19. The molecule has 0 radical (unpaired) electrons. The average molecular weight is 299 g/mol. The van der Waals surface area contributed by atoms with Crippen LogP contribution in [0, 0.1) is 0 Å². The number of rotatable bonds is 6. The van der Waals surface area contributed by atoms with E-state index in [2.05, 4.69) is 9.84 Å². The Morgan fingerprint density at radius 3 is 2.48 bits per heavy atom. The zero-order valence-corrected chi connectivity index (χ0v) is 11.3. The van der Waals surface area contributed by atoms with Gasteiger partial charge in [0.1, 0.15) is 5.75 Å². The molecular formula is C14H16F3N3O. The van der Waals surface area contributed by atoms with E-state index in [-0.39, 0.29) is 5.75 Å². The second-order valence-electron chi connectivity index (χ2n) is 4.56. The van der Waals surface area contributed by atoms with E-state index in [9.17, 15) is 13.2 Å². The first-order chi connectivity index (χ1) is 9.98. The Kier molecular flexibility index (Phi) is 4.85. The van der Waals surface area contributed by atoms with Gasteiger partial charge in [-0.2, -0.15) is 18.3 Å². The van der Waals surface area contributed by atoms with Gasteiger partial charge in [0.05, 0.1) is 6.20 Å². The molecule has 0 saturated heterocycles. The summed E-state index contributed by atoms with van der Waals surface area (Å²) < 4.78 is 42.6. The summed E-state index contributed by atoms with van der Waals surface area (Å²) in [7, 11) is 0. The maximum Gasteiger partial charge on any atom is 0.422 e. The smallest absolute Gasteiger partial charge is 0.422 e. The minimum atomic E-state index is -4.33. The van der Waals surface area contributed by atoms with Crippen molar-refractivity contribution in [2.75, 3.05) is 13.2 Å². The summed E-state index contributed by atoms with van der Waals surface area (Å²) >= 11 is 0. The fraction of sp³-hybridized carbons (Fsp3) is 0.357. The van der Waals surface area contributed by atoms with Crippen LogP contribution >= 0.6 is 0 Å². The van der Waals surface area contributed by atoms with E-state index in [0.717, 1.165) is 24.1 Å². The molecule has 0 unspecified atom stereocenters. The van der Waals surface area contributed by atoms with E-state index in [1.165, 1.54) is 12.1 Å². The summed E-state index contributed by atoms with van der Waals surface area (Å²) in [6.07, 6.45) is 0.0947. The fourth-order valence-corrected chi connectivity index (χ4v) is 1.80. The summed E-state index contributed by atoms with van der Waals surface area (Å²) in [5.41, 5.74) is 7.20. The van der Waals surface area contributed by atoms with Crippen LogP contribution in [-0.4, -0.2) is 29.1 Å². The first kappa shape index (κ1) is 15.4. The van der Waals surface area contributed by atoms with Crippen molar-refractivity contribution in [1.82, 2.24) is 9.78 Å². The molecule has 2 rings (SSSR count). The van der Waals surface area contributed by atoms with Gasteiger partial charge in [0.2, 0.25) is 0 Å². The molecule has 1 heterocycles. The van der Waals surface area contributed by atoms with Gasteiger partial charge in [-0.05, 0) is 30.7 Å². The Hall–Kier alpha value is -2.02. The summed E-state index contributed by atoms with van der Waals surface area (Å²) in [6.45, 7) is 0.0487. The number of aromatic nitrogens is 2. The van der Waals surface area contributed by atoms with Crippen LogP contribution in [0.2, 0.25) is 0 Å². The van der Waals surface area contributed by atoms with Crippen molar-refractivity contribution >= 4 is 0 Å². The van der Waals surface area contributed by atoms with Crippen molar-refractivity contribution in [3.63, 3.8) is 0 Å². The van der Waals surface area contributed by atoms with Gasteiger partial charge in [-0.25, -0.2) is 0 Å². The van der Waals surface area contributed by atoms with Gasteiger partial charge in [0.25, 0.3) is 0 Å². The summed E-state index contributed by atoms with van der Waals surface area (Å²) in [4.78, 5) is 0. The van der Waals surface area contributed by atoms with Crippen molar-refractivity contribution in [2.45, 2.75) is 19.1 Å². The van der Waals surface area contributed by atoms with Gasteiger partial charge in [0, 0.05) is 18.3 Å². The molecule has 0 atom stereocenters. The van der Waals surface area contributed by atoms with Crippen molar-refractivity contribution < 1.29 is 17.9 Å². The number of nitrogens with zero attached hydrogens (tertiary/aromatic N) is 2. The van der Waals surface area contributed by atoms with Crippen molar-refractivity contribution in [1.29, 1.82) is 0 Å². The molecule has 0 amide bonds. The van der Waals surface area contributed by atoms with E-state index in [4.69, 9.17) is 5.73 Å².